The Bertz CT molecular complexity index is 858. The average molecular weight is 342 g/mol. The highest BCUT2D eigenvalue weighted by Crippen LogP contribution is 2.39. The molecule has 2 aliphatic heterocycles. The van der Waals surface area contributed by atoms with Gasteiger partial charge in [-0.05, 0) is 24.6 Å². The van der Waals surface area contributed by atoms with Gasteiger partial charge >= 0.3 is 5.97 Å². The van der Waals surface area contributed by atoms with Crippen molar-refractivity contribution in [2.45, 2.75) is 19.4 Å². The number of benzene rings is 1. The molecule has 8 nitrogen and oxygen atoms in total. The van der Waals surface area contributed by atoms with Crippen molar-refractivity contribution in [1.82, 2.24) is 14.8 Å². The fraction of sp³-hybridized carbons (Fsp3) is 0.353. The first-order chi connectivity index (χ1) is 12.2. The first-order valence-corrected chi connectivity index (χ1v) is 8.04. The molecular weight excluding hydrogens is 324 g/mol. The second-order valence-electron chi connectivity index (χ2n) is 5.84. The SMILES string of the molecule is COC(=O)C1=C(C)Nc2ncnn2C1c1ccc2c(c1)OCCCO2. The molecule has 25 heavy (non-hydrogen) atoms. The Morgan fingerprint density at radius 2 is 2.12 bits per heavy atom. The van der Waals surface area contributed by atoms with Crippen LogP contribution < -0.4 is 14.8 Å². The number of hydrogen-bond acceptors (Lipinski definition) is 7. The van der Waals surface area contributed by atoms with E-state index in [0.29, 0.717) is 41.9 Å². The van der Waals surface area contributed by atoms with Crippen LogP contribution in [0.5, 0.6) is 11.5 Å². The van der Waals surface area contributed by atoms with Crippen molar-refractivity contribution in [2.75, 3.05) is 25.6 Å². The first-order valence-electron chi connectivity index (χ1n) is 8.04. The van der Waals surface area contributed by atoms with Crippen LogP contribution in [-0.4, -0.2) is 41.1 Å². The second-order valence-corrected chi connectivity index (χ2v) is 5.84. The van der Waals surface area contributed by atoms with Gasteiger partial charge in [-0.15, -0.1) is 0 Å². The Balaban J connectivity index is 1.84. The number of methoxy groups -OCH3 is 1. The van der Waals surface area contributed by atoms with Gasteiger partial charge < -0.3 is 19.5 Å². The van der Waals surface area contributed by atoms with Crippen molar-refractivity contribution >= 4 is 11.9 Å². The van der Waals surface area contributed by atoms with E-state index in [-0.39, 0.29) is 0 Å². The van der Waals surface area contributed by atoms with Crippen LogP contribution >= 0.6 is 0 Å². The van der Waals surface area contributed by atoms with Crippen LogP contribution in [-0.2, 0) is 9.53 Å². The van der Waals surface area contributed by atoms with Gasteiger partial charge in [0.25, 0.3) is 0 Å². The van der Waals surface area contributed by atoms with Gasteiger partial charge in [0.2, 0.25) is 5.95 Å². The third-order valence-electron chi connectivity index (χ3n) is 4.29. The number of allylic oxidation sites excluding steroid dienone is 1. The maximum absolute atomic E-state index is 12.4. The molecule has 1 N–H and O–H groups in total. The minimum atomic E-state index is -0.455. The molecule has 4 rings (SSSR count). The minimum absolute atomic E-state index is 0.414. The molecule has 3 heterocycles. The molecule has 0 saturated heterocycles. The number of esters is 1. The molecule has 0 spiro atoms. The molecule has 1 aromatic heterocycles. The molecule has 8 heteroatoms. The monoisotopic (exact) mass is 342 g/mol. The summed E-state index contributed by atoms with van der Waals surface area (Å²) < 4.78 is 18.1. The lowest BCUT2D eigenvalue weighted by Gasteiger charge is -2.28. The molecule has 0 bridgehead atoms. The lowest BCUT2D eigenvalue weighted by Crippen LogP contribution is -2.29. The Morgan fingerprint density at radius 3 is 2.92 bits per heavy atom. The topological polar surface area (TPSA) is 87.5 Å². The molecule has 2 aliphatic rings. The summed E-state index contributed by atoms with van der Waals surface area (Å²) >= 11 is 0. The van der Waals surface area contributed by atoms with Gasteiger partial charge in [-0.3, -0.25) is 0 Å². The summed E-state index contributed by atoms with van der Waals surface area (Å²) in [5.41, 5.74) is 2.01. The van der Waals surface area contributed by atoms with Crippen molar-refractivity contribution in [2.24, 2.45) is 0 Å². The number of hydrogen-bond donors (Lipinski definition) is 1. The van der Waals surface area contributed by atoms with E-state index in [9.17, 15) is 4.79 Å². The van der Waals surface area contributed by atoms with Gasteiger partial charge in [-0.2, -0.15) is 10.1 Å². The summed E-state index contributed by atoms with van der Waals surface area (Å²) in [7, 11) is 1.37. The van der Waals surface area contributed by atoms with Crippen molar-refractivity contribution in [3.63, 3.8) is 0 Å². The van der Waals surface area contributed by atoms with E-state index < -0.39 is 12.0 Å². The Labute approximate surface area is 144 Å². The third-order valence-corrected chi connectivity index (χ3v) is 4.29. The van der Waals surface area contributed by atoms with E-state index in [1.165, 1.54) is 13.4 Å². The molecule has 0 aliphatic carbocycles. The van der Waals surface area contributed by atoms with Crippen LogP contribution in [0.15, 0.2) is 35.8 Å². The minimum Gasteiger partial charge on any atom is -0.490 e. The van der Waals surface area contributed by atoms with Crippen LogP contribution in [0.1, 0.15) is 24.9 Å². The predicted molar refractivity (Wildman–Crippen MR) is 88.5 cm³/mol. The second kappa shape index (κ2) is 6.12. The highest BCUT2D eigenvalue weighted by molar-refractivity contribution is 5.92. The summed E-state index contributed by atoms with van der Waals surface area (Å²) in [5, 5.41) is 7.37. The molecule has 1 unspecified atom stereocenters. The molecule has 1 atom stereocenters. The predicted octanol–water partition coefficient (Wildman–Crippen LogP) is 1.90. The smallest absolute Gasteiger partial charge is 0.338 e. The maximum Gasteiger partial charge on any atom is 0.338 e. The van der Waals surface area contributed by atoms with Crippen molar-refractivity contribution in [3.05, 3.63) is 41.4 Å². The van der Waals surface area contributed by atoms with Crippen LogP contribution in [0.4, 0.5) is 5.95 Å². The molecule has 0 amide bonds. The van der Waals surface area contributed by atoms with E-state index in [1.54, 1.807) is 4.68 Å². The standard InChI is InChI=1S/C17H18N4O4/c1-10-14(16(22)23-2)15(21-17(20-10)18-9-19-21)11-4-5-12-13(8-11)25-7-3-6-24-12/h4-5,8-9,15H,3,6-7H2,1-2H3,(H,18,19,20). The first kappa shape index (κ1) is 15.5. The van der Waals surface area contributed by atoms with Crippen molar-refractivity contribution in [1.29, 1.82) is 0 Å². The lowest BCUT2D eigenvalue weighted by atomic mass is 9.95. The number of carbonyl (C=O) groups excluding carboxylic acids is 1. The summed E-state index contributed by atoms with van der Waals surface area (Å²) in [6.07, 6.45) is 2.28. The molecule has 1 aromatic carbocycles. The van der Waals surface area contributed by atoms with Gasteiger partial charge in [0.05, 0.1) is 25.9 Å². The van der Waals surface area contributed by atoms with E-state index in [0.717, 1.165) is 12.0 Å². The average Bonchev–Trinajstić information content (AvgIpc) is 2.95. The van der Waals surface area contributed by atoms with Gasteiger partial charge in [0.1, 0.15) is 12.4 Å². The number of rotatable bonds is 2. The summed E-state index contributed by atoms with van der Waals surface area (Å²) in [6.45, 7) is 3.04. The zero-order chi connectivity index (χ0) is 17.4. The number of ether oxygens (including phenoxy) is 3. The lowest BCUT2D eigenvalue weighted by molar-refractivity contribution is -0.136. The number of carbonyl (C=O) groups is 1. The molecule has 0 fully saturated rings. The number of aromatic nitrogens is 3. The fourth-order valence-corrected chi connectivity index (χ4v) is 3.12. The molecule has 0 saturated carbocycles. The largest absolute Gasteiger partial charge is 0.490 e. The summed E-state index contributed by atoms with van der Waals surface area (Å²) in [6, 6.07) is 5.20. The van der Waals surface area contributed by atoms with E-state index in [1.807, 2.05) is 25.1 Å². The normalized spacial score (nSPS) is 18.9. The molecule has 2 aromatic rings. The Morgan fingerprint density at radius 1 is 1.32 bits per heavy atom. The highest BCUT2D eigenvalue weighted by Gasteiger charge is 2.34. The highest BCUT2D eigenvalue weighted by atomic mass is 16.5. The third kappa shape index (κ3) is 2.59. The molecule has 130 valence electrons. The van der Waals surface area contributed by atoms with Crippen molar-refractivity contribution < 1.29 is 19.0 Å². The molecular formula is C17H18N4O4. The van der Waals surface area contributed by atoms with Crippen molar-refractivity contribution in [3.8, 4) is 11.5 Å². The van der Waals surface area contributed by atoms with E-state index >= 15 is 0 Å². The summed E-state index contributed by atoms with van der Waals surface area (Å²) in [5.74, 6) is 1.52. The zero-order valence-corrected chi connectivity index (χ0v) is 14.0. The quantitative estimate of drug-likeness (QED) is 0.834. The molecule has 0 radical (unpaired) electrons. The van der Waals surface area contributed by atoms with Gasteiger partial charge in [-0.1, -0.05) is 6.07 Å². The zero-order valence-electron chi connectivity index (χ0n) is 14.0. The Hall–Kier alpha value is -3.03. The van der Waals surface area contributed by atoms with Gasteiger partial charge in [-0.25, -0.2) is 9.48 Å². The maximum atomic E-state index is 12.4. The van der Waals surface area contributed by atoms with Gasteiger partial charge in [0, 0.05) is 12.1 Å². The fourth-order valence-electron chi connectivity index (χ4n) is 3.12. The Kier molecular flexibility index (Phi) is 3.79. The summed E-state index contributed by atoms with van der Waals surface area (Å²) in [4.78, 5) is 16.6. The number of fused-ring (bicyclic) bond motifs is 2. The number of nitrogens with zero attached hydrogens (tertiary/aromatic N) is 3. The number of nitrogens with one attached hydrogen (secondary N) is 1. The van der Waals surface area contributed by atoms with Crippen LogP contribution in [0, 0.1) is 0 Å². The van der Waals surface area contributed by atoms with E-state index in [2.05, 4.69) is 15.4 Å². The van der Waals surface area contributed by atoms with Gasteiger partial charge in [0.15, 0.2) is 11.5 Å². The van der Waals surface area contributed by atoms with Crippen LogP contribution in [0.25, 0.3) is 0 Å². The van der Waals surface area contributed by atoms with Crippen LogP contribution in [0.3, 0.4) is 0 Å². The van der Waals surface area contributed by atoms with Crippen LogP contribution in [0.2, 0.25) is 0 Å². The van der Waals surface area contributed by atoms with E-state index in [4.69, 9.17) is 14.2 Å². The number of anilines is 1.